The highest BCUT2D eigenvalue weighted by molar-refractivity contribution is 5.88. The van der Waals surface area contributed by atoms with Gasteiger partial charge in [-0.05, 0) is 30.9 Å². The SMILES string of the molecule is Cc1cccc(CC(=O)N(Cc2ccccc2)[C@@H](C)C(=O)NCC(C)C)c1. The molecule has 0 spiro atoms. The topological polar surface area (TPSA) is 49.4 Å². The van der Waals surface area contributed by atoms with Crippen molar-refractivity contribution in [3.8, 4) is 0 Å². The predicted octanol–water partition coefficient (Wildman–Crippen LogP) is 3.73. The molecule has 1 N–H and O–H groups in total. The van der Waals surface area contributed by atoms with Crippen LogP contribution in [0, 0.1) is 12.8 Å². The van der Waals surface area contributed by atoms with Crippen molar-refractivity contribution in [2.45, 2.75) is 46.7 Å². The van der Waals surface area contributed by atoms with Crippen molar-refractivity contribution in [3.63, 3.8) is 0 Å². The van der Waals surface area contributed by atoms with Gasteiger partial charge in [0.25, 0.3) is 0 Å². The summed E-state index contributed by atoms with van der Waals surface area (Å²) in [4.78, 5) is 27.3. The van der Waals surface area contributed by atoms with Crippen LogP contribution in [0.5, 0.6) is 0 Å². The Bertz CT molecular complexity index is 756. The summed E-state index contributed by atoms with van der Waals surface area (Å²) in [5.74, 6) is 0.209. The maximum atomic E-state index is 13.1. The molecule has 27 heavy (non-hydrogen) atoms. The highest BCUT2D eigenvalue weighted by Crippen LogP contribution is 2.13. The van der Waals surface area contributed by atoms with Crippen LogP contribution in [-0.2, 0) is 22.6 Å². The maximum Gasteiger partial charge on any atom is 0.242 e. The molecular formula is C23H30N2O2. The second kappa shape index (κ2) is 9.91. The monoisotopic (exact) mass is 366 g/mol. The van der Waals surface area contributed by atoms with E-state index in [9.17, 15) is 9.59 Å². The number of amides is 2. The number of hydrogen-bond acceptors (Lipinski definition) is 2. The van der Waals surface area contributed by atoms with Crippen LogP contribution in [-0.4, -0.2) is 29.3 Å². The van der Waals surface area contributed by atoms with Gasteiger partial charge in [-0.1, -0.05) is 74.0 Å². The number of nitrogens with zero attached hydrogens (tertiary/aromatic N) is 1. The van der Waals surface area contributed by atoms with Crippen LogP contribution in [0.2, 0.25) is 0 Å². The zero-order valence-electron chi connectivity index (χ0n) is 16.7. The quantitative estimate of drug-likeness (QED) is 0.774. The van der Waals surface area contributed by atoms with Crippen LogP contribution in [0.4, 0.5) is 0 Å². The fourth-order valence-electron chi connectivity index (χ4n) is 2.91. The molecule has 0 aromatic heterocycles. The van der Waals surface area contributed by atoms with Gasteiger partial charge < -0.3 is 10.2 Å². The van der Waals surface area contributed by atoms with Gasteiger partial charge in [0.2, 0.25) is 11.8 Å². The molecule has 0 fully saturated rings. The molecule has 4 nitrogen and oxygen atoms in total. The van der Waals surface area contributed by atoms with Crippen LogP contribution >= 0.6 is 0 Å². The Hall–Kier alpha value is -2.62. The molecule has 0 unspecified atom stereocenters. The third kappa shape index (κ3) is 6.55. The summed E-state index contributed by atoms with van der Waals surface area (Å²) < 4.78 is 0. The van der Waals surface area contributed by atoms with E-state index in [1.54, 1.807) is 11.8 Å². The average Bonchev–Trinajstić information content (AvgIpc) is 2.64. The van der Waals surface area contributed by atoms with Gasteiger partial charge in [0.1, 0.15) is 6.04 Å². The first-order valence-electron chi connectivity index (χ1n) is 9.53. The Kier molecular flexibility index (Phi) is 7.59. The lowest BCUT2D eigenvalue weighted by molar-refractivity contribution is -0.140. The third-order valence-electron chi connectivity index (χ3n) is 4.49. The molecule has 0 aliphatic heterocycles. The Morgan fingerprint density at radius 1 is 0.963 bits per heavy atom. The first-order valence-corrected chi connectivity index (χ1v) is 9.53. The normalized spacial score (nSPS) is 11.9. The number of carbonyl (C=O) groups excluding carboxylic acids is 2. The van der Waals surface area contributed by atoms with E-state index in [0.717, 1.165) is 16.7 Å². The first-order chi connectivity index (χ1) is 12.9. The molecule has 0 aliphatic rings. The summed E-state index contributed by atoms with van der Waals surface area (Å²) in [6, 6.07) is 17.2. The van der Waals surface area contributed by atoms with Crippen molar-refractivity contribution >= 4 is 11.8 Å². The molecule has 144 valence electrons. The summed E-state index contributed by atoms with van der Waals surface area (Å²) in [5.41, 5.74) is 3.10. The van der Waals surface area contributed by atoms with Gasteiger partial charge in [0.15, 0.2) is 0 Å². The van der Waals surface area contributed by atoms with E-state index in [-0.39, 0.29) is 18.2 Å². The van der Waals surface area contributed by atoms with Crippen molar-refractivity contribution < 1.29 is 9.59 Å². The fourth-order valence-corrected chi connectivity index (χ4v) is 2.91. The lowest BCUT2D eigenvalue weighted by atomic mass is 10.1. The van der Waals surface area contributed by atoms with Gasteiger partial charge in [0, 0.05) is 13.1 Å². The third-order valence-corrected chi connectivity index (χ3v) is 4.49. The van der Waals surface area contributed by atoms with E-state index >= 15 is 0 Å². The van der Waals surface area contributed by atoms with Crippen molar-refractivity contribution in [2.24, 2.45) is 5.92 Å². The van der Waals surface area contributed by atoms with Crippen molar-refractivity contribution in [3.05, 3.63) is 71.3 Å². The van der Waals surface area contributed by atoms with E-state index < -0.39 is 6.04 Å². The molecule has 2 amide bonds. The molecule has 0 aliphatic carbocycles. The van der Waals surface area contributed by atoms with Crippen LogP contribution in [0.25, 0.3) is 0 Å². The summed E-state index contributed by atoms with van der Waals surface area (Å²) in [6.45, 7) is 8.94. The first kappa shape index (κ1) is 20.7. The van der Waals surface area contributed by atoms with E-state index in [2.05, 4.69) is 19.2 Å². The maximum absolute atomic E-state index is 13.1. The van der Waals surface area contributed by atoms with Gasteiger partial charge in [-0.25, -0.2) is 0 Å². The zero-order valence-corrected chi connectivity index (χ0v) is 16.7. The van der Waals surface area contributed by atoms with Crippen LogP contribution in [0.3, 0.4) is 0 Å². The van der Waals surface area contributed by atoms with Crippen LogP contribution < -0.4 is 5.32 Å². The van der Waals surface area contributed by atoms with Gasteiger partial charge in [-0.15, -0.1) is 0 Å². The lowest BCUT2D eigenvalue weighted by Crippen LogP contribution is -2.48. The van der Waals surface area contributed by atoms with Crippen LogP contribution in [0.15, 0.2) is 54.6 Å². The number of carbonyl (C=O) groups is 2. The van der Waals surface area contributed by atoms with Gasteiger partial charge in [-0.2, -0.15) is 0 Å². The molecule has 0 radical (unpaired) electrons. The minimum absolute atomic E-state index is 0.0448. The van der Waals surface area contributed by atoms with Crippen LogP contribution in [0.1, 0.15) is 37.5 Å². The molecule has 2 rings (SSSR count). The number of nitrogens with one attached hydrogen (secondary N) is 1. The van der Waals surface area contributed by atoms with Crippen molar-refractivity contribution in [1.82, 2.24) is 10.2 Å². The van der Waals surface area contributed by atoms with Gasteiger partial charge >= 0.3 is 0 Å². The standard InChI is InChI=1S/C23H30N2O2/c1-17(2)15-24-23(27)19(4)25(16-20-10-6-5-7-11-20)22(26)14-21-12-8-9-18(3)13-21/h5-13,17,19H,14-16H2,1-4H3,(H,24,27)/t19-/m0/s1. The second-order valence-electron chi connectivity index (χ2n) is 7.49. The Morgan fingerprint density at radius 2 is 1.63 bits per heavy atom. The Labute approximate surface area is 162 Å². The summed E-state index contributed by atoms with van der Waals surface area (Å²) in [6.07, 6.45) is 0.288. The number of rotatable bonds is 8. The van der Waals surface area contributed by atoms with E-state index in [1.807, 2.05) is 61.5 Å². The number of hydrogen-bond donors (Lipinski definition) is 1. The largest absolute Gasteiger partial charge is 0.354 e. The fraction of sp³-hybridized carbons (Fsp3) is 0.391. The summed E-state index contributed by atoms with van der Waals surface area (Å²) in [5, 5.41) is 2.94. The molecule has 2 aromatic rings. The Balaban J connectivity index is 2.17. The molecule has 0 saturated carbocycles. The summed E-state index contributed by atoms with van der Waals surface area (Å²) in [7, 11) is 0. The van der Waals surface area contributed by atoms with Crippen molar-refractivity contribution in [1.29, 1.82) is 0 Å². The van der Waals surface area contributed by atoms with Gasteiger partial charge in [0.05, 0.1) is 6.42 Å². The summed E-state index contributed by atoms with van der Waals surface area (Å²) >= 11 is 0. The molecule has 2 aromatic carbocycles. The Morgan fingerprint density at radius 3 is 2.26 bits per heavy atom. The molecule has 0 heterocycles. The lowest BCUT2D eigenvalue weighted by Gasteiger charge is -2.29. The second-order valence-corrected chi connectivity index (χ2v) is 7.49. The van der Waals surface area contributed by atoms with Crippen molar-refractivity contribution in [2.75, 3.05) is 6.54 Å². The highest BCUT2D eigenvalue weighted by Gasteiger charge is 2.26. The molecule has 1 atom stereocenters. The number of aryl methyl sites for hydroxylation is 1. The molecule has 0 bridgehead atoms. The van der Waals surface area contributed by atoms with E-state index in [1.165, 1.54) is 0 Å². The number of benzene rings is 2. The predicted molar refractivity (Wildman–Crippen MR) is 109 cm³/mol. The average molecular weight is 367 g/mol. The smallest absolute Gasteiger partial charge is 0.242 e. The molecule has 0 saturated heterocycles. The molecular weight excluding hydrogens is 336 g/mol. The minimum Gasteiger partial charge on any atom is -0.354 e. The minimum atomic E-state index is -0.527. The van der Waals surface area contributed by atoms with Gasteiger partial charge in [-0.3, -0.25) is 9.59 Å². The van der Waals surface area contributed by atoms with E-state index in [4.69, 9.17) is 0 Å². The molecule has 4 heteroatoms. The van der Waals surface area contributed by atoms with E-state index in [0.29, 0.717) is 19.0 Å². The zero-order chi connectivity index (χ0) is 19.8. The highest BCUT2D eigenvalue weighted by atomic mass is 16.2.